The van der Waals surface area contributed by atoms with Crippen molar-refractivity contribution in [1.82, 2.24) is 4.57 Å². The summed E-state index contributed by atoms with van der Waals surface area (Å²) in [7, 11) is 1.50. The third-order valence-corrected chi connectivity index (χ3v) is 4.13. The van der Waals surface area contributed by atoms with E-state index in [0.717, 1.165) is 5.69 Å². The summed E-state index contributed by atoms with van der Waals surface area (Å²) in [5.41, 5.74) is 1.76. The van der Waals surface area contributed by atoms with E-state index in [1.807, 2.05) is 41.2 Å². The van der Waals surface area contributed by atoms with Gasteiger partial charge in [-0.15, -0.1) is 0 Å². The van der Waals surface area contributed by atoms with Gasteiger partial charge in [0.2, 0.25) is 0 Å². The maximum atomic E-state index is 12.6. The van der Waals surface area contributed by atoms with Crippen LogP contribution in [0.1, 0.15) is 31.1 Å². The minimum absolute atomic E-state index is 0.262. The summed E-state index contributed by atoms with van der Waals surface area (Å²) in [4.78, 5) is 24.7. The third kappa shape index (κ3) is 5.41. The maximum absolute atomic E-state index is 12.6. The van der Waals surface area contributed by atoms with Crippen LogP contribution in [0.5, 0.6) is 5.75 Å². The summed E-state index contributed by atoms with van der Waals surface area (Å²) >= 11 is 0. The van der Waals surface area contributed by atoms with Crippen molar-refractivity contribution in [3.8, 4) is 11.4 Å². The molecule has 0 unspecified atom stereocenters. The molecular formula is C23H25N3O4. The van der Waals surface area contributed by atoms with Gasteiger partial charge in [-0.25, -0.2) is 4.79 Å². The van der Waals surface area contributed by atoms with Crippen LogP contribution in [-0.2, 0) is 4.74 Å². The molecule has 3 rings (SSSR count). The van der Waals surface area contributed by atoms with E-state index in [1.54, 1.807) is 51.1 Å². The Morgan fingerprint density at radius 2 is 1.60 bits per heavy atom. The summed E-state index contributed by atoms with van der Waals surface area (Å²) in [5, 5.41) is 5.49. The zero-order valence-electron chi connectivity index (χ0n) is 17.4. The summed E-state index contributed by atoms with van der Waals surface area (Å²) in [6.07, 6.45) is 3.27. The molecule has 1 heterocycles. The van der Waals surface area contributed by atoms with Crippen molar-refractivity contribution in [3.05, 3.63) is 72.6 Å². The second-order valence-electron chi connectivity index (χ2n) is 7.63. The first-order chi connectivity index (χ1) is 14.2. The van der Waals surface area contributed by atoms with Gasteiger partial charge < -0.3 is 19.4 Å². The number of hydrogen-bond acceptors (Lipinski definition) is 4. The van der Waals surface area contributed by atoms with Crippen molar-refractivity contribution in [1.29, 1.82) is 0 Å². The first-order valence-corrected chi connectivity index (χ1v) is 9.48. The van der Waals surface area contributed by atoms with E-state index in [-0.39, 0.29) is 5.91 Å². The van der Waals surface area contributed by atoms with E-state index in [9.17, 15) is 9.59 Å². The van der Waals surface area contributed by atoms with Gasteiger partial charge in [0.25, 0.3) is 5.91 Å². The minimum Gasteiger partial charge on any atom is -0.495 e. The molecule has 0 radical (unpaired) electrons. The second kappa shape index (κ2) is 8.73. The molecule has 2 aromatic carbocycles. The summed E-state index contributed by atoms with van der Waals surface area (Å²) in [6.45, 7) is 5.34. The van der Waals surface area contributed by atoms with Gasteiger partial charge in [-0.3, -0.25) is 10.1 Å². The number of aromatic nitrogens is 1. The van der Waals surface area contributed by atoms with Crippen LogP contribution in [0.15, 0.2) is 67.0 Å². The van der Waals surface area contributed by atoms with E-state index < -0.39 is 11.7 Å². The van der Waals surface area contributed by atoms with Crippen LogP contribution in [0, 0.1) is 0 Å². The number of carbonyl (C=O) groups is 2. The van der Waals surface area contributed by atoms with E-state index in [1.165, 1.54) is 7.11 Å². The van der Waals surface area contributed by atoms with Gasteiger partial charge in [0.1, 0.15) is 11.4 Å². The highest BCUT2D eigenvalue weighted by molar-refractivity contribution is 6.05. The number of hydrogen-bond donors (Lipinski definition) is 2. The predicted octanol–water partition coefficient (Wildman–Crippen LogP) is 5.09. The molecule has 0 saturated carbocycles. The van der Waals surface area contributed by atoms with Crippen molar-refractivity contribution in [2.24, 2.45) is 0 Å². The topological polar surface area (TPSA) is 81.6 Å². The molecule has 7 heteroatoms. The summed E-state index contributed by atoms with van der Waals surface area (Å²) in [5.74, 6) is 0.192. The first-order valence-electron chi connectivity index (χ1n) is 9.48. The molecule has 1 aromatic heterocycles. The minimum atomic E-state index is -0.629. The van der Waals surface area contributed by atoms with Crippen molar-refractivity contribution in [2.75, 3.05) is 17.7 Å². The Morgan fingerprint density at radius 3 is 2.20 bits per heavy atom. The van der Waals surface area contributed by atoms with Crippen LogP contribution in [-0.4, -0.2) is 29.3 Å². The Morgan fingerprint density at radius 1 is 0.933 bits per heavy atom. The van der Waals surface area contributed by atoms with Gasteiger partial charge in [0.05, 0.1) is 12.8 Å². The quantitative estimate of drug-likeness (QED) is 0.618. The number of carbonyl (C=O) groups excluding carboxylic acids is 2. The highest BCUT2D eigenvalue weighted by Gasteiger charge is 2.18. The van der Waals surface area contributed by atoms with E-state index >= 15 is 0 Å². The molecular weight excluding hydrogens is 382 g/mol. The van der Waals surface area contributed by atoms with Gasteiger partial charge in [0.15, 0.2) is 0 Å². The van der Waals surface area contributed by atoms with Gasteiger partial charge in [-0.1, -0.05) is 0 Å². The molecule has 0 bridgehead atoms. The monoisotopic (exact) mass is 407 g/mol. The molecule has 30 heavy (non-hydrogen) atoms. The average Bonchev–Trinajstić information content (AvgIpc) is 3.21. The first kappa shape index (κ1) is 21.0. The van der Waals surface area contributed by atoms with Crippen LogP contribution in [0.25, 0.3) is 5.69 Å². The number of benzene rings is 2. The highest BCUT2D eigenvalue weighted by atomic mass is 16.6. The molecule has 156 valence electrons. The molecule has 0 atom stereocenters. The summed E-state index contributed by atoms with van der Waals surface area (Å²) in [6, 6.07) is 16.1. The van der Waals surface area contributed by atoms with Crippen LogP contribution in [0.4, 0.5) is 16.2 Å². The van der Waals surface area contributed by atoms with Gasteiger partial charge >= 0.3 is 6.09 Å². The number of nitrogens with zero attached hydrogens (tertiary/aromatic N) is 1. The van der Waals surface area contributed by atoms with Gasteiger partial charge in [0, 0.05) is 29.3 Å². The number of rotatable bonds is 5. The van der Waals surface area contributed by atoms with Crippen LogP contribution < -0.4 is 15.4 Å². The van der Waals surface area contributed by atoms with E-state index in [4.69, 9.17) is 9.47 Å². The lowest BCUT2D eigenvalue weighted by atomic mass is 10.2. The summed E-state index contributed by atoms with van der Waals surface area (Å²) < 4.78 is 12.5. The van der Waals surface area contributed by atoms with Crippen LogP contribution in [0.3, 0.4) is 0 Å². The van der Waals surface area contributed by atoms with E-state index in [0.29, 0.717) is 22.7 Å². The zero-order valence-corrected chi connectivity index (χ0v) is 17.4. The number of ether oxygens (including phenoxy) is 2. The molecule has 0 aliphatic heterocycles. The molecule has 0 aliphatic carbocycles. The normalized spacial score (nSPS) is 10.9. The molecule has 2 amide bonds. The largest absolute Gasteiger partial charge is 0.495 e. The fraction of sp³-hybridized carbons (Fsp3) is 0.217. The number of methoxy groups -OCH3 is 1. The van der Waals surface area contributed by atoms with Gasteiger partial charge in [-0.2, -0.15) is 0 Å². The van der Waals surface area contributed by atoms with Crippen molar-refractivity contribution < 1.29 is 19.1 Å². The number of anilines is 2. The smallest absolute Gasteiger partial charge is 0.412 e. The Balaban J connectivity index is 1.72. The molecule has 0 aliphatic rings. The Bertz CT molecular complexity index is 1020. The highest BCUT2D eigenvalue weighted by Crippen LogP contribution is 2.28. The zero-order chi connectivity index (χ0) is 21.7. The third-order valence-electron chi connectivity index (χ3n) is 4.13. The molecule has 2 N–H and O–H groups in total. The van der Waals surface area contributed by atoms with Crippen LogP contribution >= 0.6 is 0 Å². The van der Waals surface area contributed by atoms with Gasteiger partial charge in [-0.05, 0) is 75.4 Å². The van der Waals surface area contributed by atoms with Crippen LogP contribution in [0.2, 0.25) is 0 Å². The molecule has 0 saturated heterocycles. The SMILES string of the molecule is COc1ccc(NC(=O)c2ccc(-n3cccc3)cc2)cc1NC(=O)OC(C)(C)C. The Kier molecular flexibility index (Phi) is 6.11. The molecule has 3 aromatic rings. The lowest BCUT2D eigenvalue weighted by Crippen LogP contribution is -2.27. The lowest BCUT2D eigenvalue weighted by Gasteiger charge is -2.20. The standard InChI is InChI=1S/C23H25N3O4/c1-23(2,3)30-22(28)25-19-15-17(9-12-20(19)29-4)24-21(27)16-7-10-18(11-8-16)26-13-5-6-14-26/h5-15H,1-4H3,(H,24,27)(H,25,28). The van der Waals surface area contributed by atoms with E-state index in [2.05, 4.69) is 10.6 Å². The lowest BCUT2D eigenvalue weighted by molar-refractivity contribution is 0.0635. The van der Waals surface area contributed by atoms with Crippen molar-refractivity contribution in [2.45, 2.75) is 26.4 Å². The Hall–Kier alpha value is -3.74. The number of amides is 2. The average molecular weight is 407 g/mol. The molecule has 0 fully saturated rings. The maximum Gasteiger partial charge on any atom is 0.412 e. The fourth-order valence-electron chi connectivity index (χ4n) is 2.79. The Labute approximate surface area is 175 Å². The molecule has 0 spiro atoms. The molecule has 7 nitrogen and oxygen atoms in total. The van der Waals surface area contributed by atoms with Crippen molar-refractivity contribution >= 4 is 23.4 Å². The predicted molar refractivity (Wildman–Crippen MR) is 117 cm³/mol. The second-order valence-corrected chi connectivity index (χ2v) is 7.63. The van der Waals surface area contributed by atoms with Crippen molar-refractivity contribution in [3.63, 3.8) is 0 Å². The number of nitrogens with one attached hydrogen (secondary N) is 2. The fourth-order valence-corrected chi connectivity index (χ4v) is 2.79.